The number of benzene rings is 2. The van der Waals surface area contributed by atoms with Crippen molar-refractivity contribution in [1.82, 2.24) is 25.4 Å². The molecule has 3 aromatic rings. The van der Waals surface area contributed by atoms with Crippen molar-refractivity contribution < 1.29 is 19.1 Å². The summed E-state index contributed by atoms with van der Waals surface area (Å²) in [5.74, 6) is 0.918. The largest absolute Gasteiger partial charge is 0.494 e. The third-order valence-corrected chi connectivity index (χ3v) is 6.15. The van der Waals surface area contributed by atoms with Gasteiger partial charge < -0.3 is 15.4 Å². The highest BCUT2D eigenvalue weighted by Crippen LogP contribution is 2.25. The minimum Gasteiger partial charge on any atom is -0.494 e. The lowest BCUT2D eigenvalue weighted by molar-refractivity contribution is -0.121. The number of ether oxygens (including phenoxy) is 1. The van der Waals surface area contributed by atoms with Crippen molar-refractivity contribution in [2.75, 3.05) is 17.7 Å². The molecule has 35 heavy (non-hydrogen) atoms. The number of thioether (sulfide) groups is 1. The SMILES string of the molecule is CCOc1ccc(-n2c(CC3CC(=O)NC(=O)N3)nnc2SCC(=O)Nc2ccc(C)cc2)cc1. The molecule has 0 radical (unpaired) electrons. The monoisotopic (exact) mass is 494 g/mol. The number of carbonyl (C=O) groups is 3. The van der Waals surface area contributed by atoms with Crippen LogP contribution in [0, 0.1) is 6.92 Å². The molecule has 1 aromatic heterocycles. The summed E-state index contributed by atoms with van der Waals surface area (Å²) >= 11 is 1.25. The number of carbonyl (C=O) groups excluding carboxylic acids is 3. The van der Waals surface area contributed by atoms with Gasteiger partial charge in [-0.25, -0.2) is 4.79 Å². The van der Waals surface area contributed by atoms with E-state index in [0.717, 1.165) is 22.7 Å². The molecule has 0 saturated carbocycles. The zero-order valence-electron chi connectivity index (χ0n) is 19.4. The van der Waals surface area contributed by atoms with E-state index in [1.807, 2.05) is 66.9 Å². The lowest BCUT2D eigenvalue weighted by Crippen LogP contribution is -2.53. The van der Waals surface area contributed by atoms with Gasteiger partial charge in [-0.05, 0) is 50.2 Å². The second-order valence-electron chi connectivity index (χ2n) is 7.99. The Morgan fingerprint density at radius 2 is 1.89 bits per heavy atom. The molecule has 182 valence electrons. The van der Waals surface area contributed by atoms with E-state index in [1.54, 1.807) is 0 Å². The molecule has 4 amide bonds. The van der Waals surface area contributed by atoms with Crippen LogP contribution in [0.25, 0.3) is 5.69 Å². The van der Waals surface area contributed by atoms with Gasteiger partial charge in [0.15, 0.2) is 5.16 Å². The molecule has 10 nitrogen and oxygen atoms in total. The average molecular weight is 495 g/mol. The van der Waals surface area contributed by atoms with Gasteiger partial charge in [0.1, 0.15) is 11.6 Å². The second kappa shape index (κ2) is 11.0. The molecule has 11 heteroatoms. The number of amides is 4. The number of rotatable bonds is 9. The van der Waals surface area contributed by atoms with Crippen LogP contribution in [0.1, 0.15) is 24.7 Å². The molecular formula is C24H26N6O4S. The molecular weight excluding hydrogens is 468 g/mol. The van der Waals surface area contributed by atoms with Crippen molar-refractivity contribution in [2.45, 2.75) is 37.9 Å². The molecule has 4 rings (SSSR count). The first-order valence-corrected chi connectivity index (χ1v) is 12.2. The zero-order valence-corrected chi connectivity index (χ0v) is 20.2. The Kier molecular flexibility index (Phi) is 7.66. The third-order valence-electron chi connectivity index (χ3n) is 5.22. The fraction of sp³-hybridized carbons (Fsp3) is 0.292. The highest BCUT2D eigenvalue weighted by molar-refractivity contribution is 7.99. The lowest BCUT2D eigenvalue weighted by Gasteiger charge is -2.23. The molecule has 2 aromatic carbocycles. The number of aryl methyl sites for hydroxylation is 1. The van der Waals surface area contributed by atoms with Crippen LogP contribution < -0.4 is 20.7 Å². The van der Waals surface area contributed by atoms with Crippen molar-refractivity contribution >= 4 is 35.3 Å². The Morgan fingerprint density at radius 3 is 2.57 bits per heavy atom. The Hall–Kier alpha value is -3.86. The minimum absolute atomic E-state index is 0.131. The number of anilines is 1. The van der Waals surface area contributed by atoms with Crippen LogP contribution in [0.5, 0.6) is 5.75 Å². The van der Waals surface area contributed by atoms with Gasteiger partial charge in [-0.3, -0.25) is 19.5 Å². The van der Waals surface area contributed by atoms with Crippen LogP contribution >= 0.6 is 11.8 Å². The maximum atomic E-state index is 12.5. The molecule has 2 heterocycles. The standard InChI is InChI=1S/C24H26N6O4S/c1-3-34-19-10-8-18(9-11-19)30-20(12-17-13-21(31)27-23(33)26-17)28-29-24(30)35-14-22(32)25-16-6-4-15(2)5-7-16/h4-11,17H,3,12-14H2,1-2H3,(H,25,32)(H2,26,27,31,33). The third kappa shape index (κ3) is 6.38. The van der Waals surface area contributed by atoms with E-state index in [0.29, 0.717) is 24.0 Å². The average Bonchev–Trinajstić information content (AvgIpc) is 3.21. The fourth-order valence-electron chi connectivity index (χ4n) is 3.63. The summed E-state index contributed by atoms with van der Waals surface area (Å²) in [6, 6.07) is 14.1. The van der Waals surface area contributed by atoms with Crippen LogP contribution in [0.4, 0.5) is 10.5 Å². The lowest BCUT2D eigenvalue weighted by atomic mass is 10.1. The quantitative estimate of drug-likeness (QED) is 0.390. The highest BCUT2D eigenvalue weighted by atomic mass is 32.2. The van der Waals surface area contributed by atoms with Crippen LogP contribution in [0.3, 0.4) is 0 Å². The first-order chi connectivity index (χ1) is 16.9. The molecule has 3 N–H and O–H groups in total. The van der Waals surface area contributed by atoms with E-state index in [1.165, 1.54) is 11.8 Å². The first-order valence-electron chi connectivity index (χ1n) is 11.2. The summed E-state index contributed by atoms with van der Waals surface area (Å²) < 4.78 is 7.37. The van der Waals surface area contributed by atoms with Gasteiger partial charge in [0, 0.05) is 30.3 Å². The predicted octanol–water partition coefficient (Wildman–Crippen LogP) is 2.85. The summed E-state index contributed by atoms with van der Waals surface area (Å²) in [6.07, 6.45) is 0.443. The predicted molar refractivity (Wildman–Crippen MR) is 132 cm³/mol. The van der Waals surface area contributed by atoms with Gasteiger partial charge >= 0.3 is 6.03 Å². The Bertz CT molecular complexity index is 1190. The van der Waals surface area contributed by atoms with Crippen LogP contribution in [-0.4, -0.2) is 51.0 Å². The van der Waals surface area contributed by atoms with Crippen LogP contribution in [0.15, 0.2) is 53.7 Å². The molecule has 0 spiro atoms. The van der Waals surface area contributed by atoms with Crippen LogP contribution in [0.2, 0.25) is 0 Å². The molecule has 1 atom stereocenters. The summed E-state index contributed by atoms with van der Waals surface area (Å²) in [5, 5.41) is 17.0. The fourth-order valence-corrected chi connectivity index (χ4v) is 4.40. The van der Waals surface area contributed by atoms with Crippen molar-refractivity contribution in [2.24, 2.45) is 0 Å². The molecule has 1 unspecified atom stereocenters. The van der Waals surface area contributed by atoms with Crippen molar-refractivity contribution in [3.63, 3.8) is 0 Å². The molecule has 1 aliphatic heterocycles. The van der Waals surface area contributed by atoms with E-state index in [-0.39, 0.29) is 24.0 Å². The van der Waals surface area contributed by atoms with E-state index in [4.69, 9.17) is 4.74 Å². The maximum absolute atomic E-state index is 12.5. The summed E-state index contributed by atoms with van der Waals surface area (Å²) in [7, 11) is 0. The molecule has 1 saturated heterocycles. The van der Waals surface area contributed by atoms with E-state index < -0.39 is 12.1 Å². The molecule has 1 fully saturated rings. The number of imide groups is 1. The van der Waals surface area contributed by atoms with E-state index >= 15 is 0 Å². The number of aromatic nitrogens is 3. The smallest absolute Gasteiger partial charge is 0.321 e. The van der Waals surface area contributed by atoms with Gasteiger partial charge in [-0.1, -0.05) is 29.5 Å². The van der Waals surface area contributed by atoms with Crippen molar-refractivity contribution in [1.29, 1.82) is 0 Å². The number of urea groups is 1. The molecule has 1 aliphatic rings. The number of nitrogens with one attached hydrogen (secondary N) is 3. The Labute approximate surface area is 206 Å². The number of hydrogen-bond donors (Lipinski definition) is 3. The summed E-state index contributed by atoms with van der Waals surface area (Å²) in [5.41, 5.74) is 2.61. The zero-order chi connectivity index (χ0) is 24.8. The van der Waals surface area contributed by atoms with E-state index in [9.17, 15) is 14.4 Å². The Morgan fingerprint density at radius 1 is 1.14 bits per heavy atom. The van der Waals surface area contributed by atoms with Gasteiger partial charge in [-0.2, -0.15) is 0 Å². The van der Waals surface area contributed by atoms with Gasteiger partial charge in [0.2, 0.25) is 11.8 Å². The highest BCUT2D eigenvalue weighted by Gasteiger charge is 2.27. The normalized spacial score (nSPS) is 15.3. The summed E-state index contributed by atoms with van der Waals surface area (Å²) in [4.78, 5) is 36.1. The van der Waals surface area contributed by atoms with Crippen molar-refractivity contribution in [3.05, 3.63) is 59.9 Å². The van der Waals surface area contributed by atoms with Gasteiger partial charge in [0.05, 0.1) is 12.4 Å². The van der Waals surface area contributed by atoms with E-state index in [2.05, 4.69) is 26.1 Å². The first kappa shape index (κ1) is 24.3. The topological polar surface area (TPSA) is 127 Å². The van der Waals surface area contributed by atoms with Crippen molar-refractivity contribution in [3.8, 4) is 11.4 Å². The maximum Gasteiger partial charge on any atom is 0.321 e. The molecule has 0 aliphatic carbocycles. The number of hydrogen-bond acceptors (Lipinski definition) is 7. The van der Waals surface area contributed by atoms with Gasteiger partial charge in [0.25, 0.3) is 0 Å². The Balaban J connectivity index is 1.53. The minimum atomic E-state index is -0.527. The second-order valence-corrected chi connectivity index (χ2v) is 8.93. The van der Waals surface area contributed by atoms with Gasteiger partial charge in [-0.15, -0.1) is 10.2 Å². The van der Waals surface area contributed by atoms with Crippen LogP contribution in [-0.2, 0) is 16.0 Å². The number of nitrogens with zero attached hydrogens (tertiary/aromatic N) is 3. The summed E-state index contributed by atoms with van der Waals surface area (Å²) in [6.45, 7) is 4.45. The molecule has 0 bridgehead atoms.